The van der Waals surface area contributed by atoms with Gasteiger partial charge in [0.1, 0.15) is 4.83 Å². The van der Waals surface area contributed by atoms with Crippen molar-refractivity contribution < 1.29 is 13.9 Å². The second kappa shape index (κ2) is 8.47. The molecule has 3 heterocycles. The zero-order valence-corrected chi connectivity index (χ0v) is 18.6. The van der Waals surface area contributed by atoms with Crippen LogP contribution in [-0.2, 0) is 16.0 Å². The standard InChI is InChI=1S/C23H23N3O4S/c1-12-5-7-16(8-6-12)17-11-24-18(30-17)9-10-19(27)29-14(3)21-25-22(28)20-13(2)15(4)31-23(20)26-21/h5-8,11,14H,9-10H2,1-4H3,(H,25,26,28)/t14-/m1/s1. The Morgan fingerprint density at radius 1 is 1.23 bits per heavy atom. The molecule has 0 aliphatic heterocycles. The van der Waals surface area contributed by atoms with E-state index in [1.807, 2.05) is 45.0 Å². The summed E-state index contributed by atoms with van der Waals surface area (Å²) >= 11 is 1.46. The van der Waals surface area contributed by atoms with Gasteiger partial charge in [-0.1, -0.05) is 29.8 Å². The molecule has 160 valence electrons. The first-order chi connectivity index (χ1) is 14.8. The number of nitrogens with one attached hydrogen (secondary N) is 1. The number of hydrogen-bond donors (Lipinski definition) is 1. The van der Waals surface area contributed by atoms with E-state index >= 15 is 0 Å². The second-order valence-electron chi connectivity index (χ2n) is 7.53. The molecule has 3 aromatic heterocycles. The monoisotopic (exact) mass is 437 g/mol. The summed E-state index contributed by atoms with van der Waals surface area (Å²) in [6, 6.07) is 7.95. The average molecular weight is 438 g/mol. The van der Waals surface area contributed by atoms with Crippen LogP contribution in [0.15, 0.2) is 39.7 Å². The van der Waals surface area contributed by atoms with Gasteiger partial charge in [-0.15, -0.1) is 11.3 Å². The number of thiophene rings is 1. The van der Waals surface area contributed by atoms with Crippen molar-refractivity contribution in [1.82, 2.24) is 15.0 Å². The normalized spacial score (nSPS) is 12.3. The Labute approximate surface area is 183 Å². The number of hydrogen-bond acceptors (Lipinski definition) is 7. The van der Waals surface area contributed by atoms with Crippen molar-refractivity contribution >= 4 is 27.5 Å². The molecule has 1 atom stereocenters. The van der Waals surface area contributed by atoms with Crippen LogP contribution in [0.2, 0.25) is 0 Å². The molecule has 8 heteroatoms. The Morgan fingerprint density at radius 2 is 1.97 bits per heavy atom. The predicted molar refractivity (Wildman–Crippen MR) is 119 cm³/mol. The summed E-state index contributed by atoms with van der Waals surface area (Å²) in [7, 11) is 0. The zero-order valence-electron chi connectivity index (χ0n) is 17.8. The largest absolute Gasteiger partial charge is 0.454 e. The number of benzene rings is 1. The van der Waals surface area contributed by atoms with Crippen molar-refractivity contribution in [1.29, 1.82) is 0 Å². The van der Waals surface area contributed by atoms with E-state index in [2.05, 4.69) is 15.0 Å². The highest BCUT2D eigenvalue weighted by molar-refractivity contribution is 7.18. The van der Waals surface area contributed by atoms with Crippen LogP contribution in [0.3, 0.4) is 0 Å². The summed E-state index contributed by atoms with van der Waals surface area (Å²) in [6.07, 6.45) is 1.43. The van der Waals surface area contributed by atoms with Crippen LogP contribution in [0, 0.1) is 20.8 Å². The molecule has 4 aromatic rings. The van der Waals surface area contributed by atoms with Crippen LogP contribution in [0.1, 0.15) is 47.2 Å². The van der Waals surface area contributed by atoms with Crippen LogP contribution in [-0.4, -0.2) is 20.9 Å². The lowest BCUT2D eigenvalue weighted by Crippen LogP contribution is -2.17. The molecule has 0 aliphatic carbocycles. The molecule has 7 nitrogen and oxygen atoms in total. The molecular weight excluding hydrogens is 414 g/mol. The van der Waals surface area contributed by atoms with Gasteiger partial charge in [0.05, 0.1) is 18.0 Å². The number of fused-ring (bicyclic) bond motifs is 1. The Bertz CT molecular complexity index is 1300. The summed E-state index contributed by atoms with van der Waals surface area (Å²) < 4.78 is 11.2. The van der Waals surface area contributed by atoms with Crippen LogP contribution in [0.5, 0.6) is 0 Å². The smallest absolute Gasteiger partial charge is 0.307 e. The molecular formula is C23H23N3O4S. The first kappa shape index (κ1) is 21.0. The number of esters is 1. The second-order valence-corrected chi connectivity index (χ2v) is 8.73. The van der Waals surface area contributed by atoms with Crippen molar-refractivity contribution in [3.05, 3.63) is 68.5 Å². The van der Waals surface area contributed by atoms with Gasteiger partial charge >= 0.3 is 5.97 Å². The molecule has 1 aromatic carbocycles. The fourth-order valence-electron chi connectivity index (χ4n) is 3.26. The Balaban J connectivity index is 1.38. The Kier molecular flexibility index (Phi) is 5.73. The average Bonchev–Trinajstić information content (AvgIpc) is 3.32. The number of rotatable bonds is 6. The van der Waals surface area contributed by atoms with Gasteiger partial charge < -0.3 is 14.1 Å². The van der Waals surface area contributed by atoms with Gasteiger partial charge in [0, 0.05) is 16.9 Å². The van der Waals surface area contributed by atoms with E-state index in [9.17, 15) is 9.59 Å². The minimum atomic E-state index is -0.667. The van der Waals surface area contributed by atoms with Crippen molar-refractivity contribution in [3.63, 3.8) is 0 Å². The quantitative estimate of drug-likeness (QED) is 0.435. The first-order valence-corrected chi connectivity index (χ1v) is 10.8. The van der Waals surface area contributed by atoms with Gasteiger partial charge in [-0.05, 0) is 33.3 Å². The van der Waals surface area contributed by atoms with Gasteiger partial charge in [0.25, 0.3) is 5.56 Å². The lowest BCUT2D eigenvalue weighted by Gasteiger charge is -2.12. The third-order valence-corrected chi connectivity index (χ3v) is 6.28. The number of aromatic amines is 1. The van der Waals surface area contributed by atoms with Crippen LogP contribution >= 0.6 is 11.3 Å². The van der Waals surface area contributed by atoms with E-state index in [4.69, 9.17) is 9.15 Å². The van der Waals surface area contributed by atoms with Crippen LogP contribution < -0.4 is 5.56 Å². The SMILES string of the molecule is Cc1ccc(-c2cnc(CCC(=O)O[C@H](C)c3nc4sc(C)c(C)c4c(=O)[nH]3)o2)cc1. The lowest BCUT2D eigenvalue weighted by atomic mass is 10.1. The molecule has 31 heavy (non-hydrogen) atoms. The van der Waals surface area contributed by atoms with Gasteiger partial charge in [-0.25, -0.2) is 9.97 Å². The first-order valence-electron chi connectivity index (χ1n) is 10.0. The molecule has 0 fully saturated rings. The summed E-state index contributed by atoms with van der Waals surface area (Å²) in [4.78, 5) is 37.9. The van der Waals surface area contributed by atoms with Crippen molar-refractivity contribution in [2.24, 2.45) is 0 Å². The van der Waals surface area contributed by atoms with Gasteiger partial charge in [-0.2, -0.15) is 0 Å². The summed E-state index contributed by atoms with van der Waals surface area (Å²) in [6.45, 7) is 7.57. The number of nitrogens with zero attached hydrogens (tertiary/aromatic N) is 2. The van der Waals surface area contributed by atoms with E-state index in [0.717, 1.165) is 16.0 Å². The number of carbonyl (C=O) groups is 1. The highest BCUT2D eigenvalue weighted by Gasteiger charge is 2.19. The number of ether oxygens (including phenoxy) is 1. The third-order valence-electron chi connectivity index (χ3n) is 5.18. The molecule has 0 bridgehead atoms. The van der Waals surface area contributed by atoms with E-state index in [1.165, 1.54) is 16.9 Å². The number of aromatic nitrogens is 3. The Hall–Kier alpha value is -3.26. The highest BCUT2D eigenvalue weighted by atomic mass is 32.1. The number of carbonyl (C=O) groups excluding carboxylic acids is 1. The van der Waals surface area contributed by atoms with E-state index in [1.54, 1.807) is 13.1 Å². The number of oxazole rings is 1. The third kappa shape index (κ3) is 4.44. The lowest BCUT2D eigenvalue weighted by molar-refractivity contribution is -0.149. The molecule has 0 saturated heterocycles. The van der Waals surface area contributed by atoms with Gasteiger partial charge in [0.15, 0.2) is 23.6 Å². The number of aryl methyl sites for hydroxylation is 4. The fraction of sp³-hybridized carbons (Fsp3) is 0.304. The maximum atomic E-state index is 12.4. The molecule has 0 unspecified atom stereocenters. The molecule has 4 rings (SSSR count). The van der Waals surface area contributed by atoms with E-state index in [-0.39, 0.29) is 12.0 Å². The zero-order chi connectivity index (χ0) is 22.1. The summed E-state index contributed by atoms with van der Waals surface area (Å²) in [5.41, 5.74) is 2.82. The van der Waals surface area contributed by atoms with Crippen molar-refractivity contribution in [2.45, 2.75) is 46.6 Å². The van der Waals surface area contributed by atoms with Crippen molar-refractivity contribution in [3.8, 4) is 11.3 Å². The molecule has 0 amide bonds. The van der Waals surface area contributed by atoms with Gasteiger partial charge in [-0.3, -0.25) is 9.59 Å². The van der Waals surface area contributed by atoms with Crippen molar-refractivity contribution in [2.75, 3.05) is 0 Å². The maximum absolute atomic E-state index is 12.4. The van der Waals surface area contributed by atoms with Gasteiger partial charge in [0.2, 0.25) is 0 Å². The topological polar surface area (TPSA) is 98.1 Å². The molecule has 0 spiro atoms. The molecule has 0 radical (unpaired) electrons. The predicted octanol–water partition coefficient (Wildman–Crippen LogP) is 4.80. The summed E-state index contributed by atoms with van der Waals surface area (Å²) in [5, 5.41) is 0.595. The van der Waals surface area contributed by atoms with Crippen LogP contribution in [0.4, 0.5) is 0 Å². The fourth-order valence-corrected chi connectivity index (χ4v) is 4.30. The summed E-state index contributed by atoms with van der Waals surface area (Å²) in [5.74, 6) is 1.06. The minimum absolute atomic E-state index is 0.113. The maximum Gasteiger partial charge on any atom is 0.307 e. The molecule has 0 aliphatic rings. The molecule has 0 saturated carbocycles. The number of H-pyrrole nitrogens is 1. The van der Waals surface area contributed by atoms with E-state index in [0.29, 0.717) is 34.1 Å². The van der Waals surface area contributed by atoms with E-state index < -0.39 is 12.1 Å². The highest BCUT2D eigenvalue weighted by Crippen LogP contribution is 2.27. The molecule has 1 N–H and O–H groups in total. The van der Waals surface area contributed by atoms with Crippen LogP contribution in [0.25, 0.3) is 21.5 Å². The Morgan fingerprint density at radius 3 is 2.71 bits per heavy atom. The minimum Gasteiger partial charge on any atom is -0.454 e.